The van der Waals surface area contributed by atoms with Crippen LogP contribution >= 0.6 is 0 Å². The number of carbonyl (C=O) groups is 1. The number of hydrogen-bond donors (Lipinski definition) is 2. The highest BCUT2D eigenvalue weighted by Crippen LogP contribution is 2.27. The lowest BCUT2D eigenvalue weighted by Gasteiger charge is -2.18. The van der Waals surface area contributed by atoms with Crippen molar-refractivity contribution in [2.45, 2.75) is 18.9 Å². The van der Waals surface area contributed by atoms with E-state index in [1.54, 1.807) is 6.07 Å². The highest BCUT2D eigenvalue weighted by molar-refractivity contribution is 5.84. The average Bonchev–Trinajstić information content (AvgIpc) is 2.78. The number of aromatic amines is 1. The maximum Gasteiger partial charge on any atom is 0.272 e. The number of hydrogen-bond acceptors (Lipinski definition) is 3. The van der Waals surface area contributed by atoms with E-state index in [0.29, 0.717) is 17.5 Å². The van der Waals surface area contributed by atoms with Gasteiger partial charge in [0.2, 0.25) is 5.91 Å². The van der Waals surface area contributed by atoms with Crippen molar-refractivity contribution in [2.75, 3.05) is 0 Å². The van der Waals surface area contributed by atoms with Gasteiger partial charge >= 0.3 is 0 Å². The van der Waals surface area contributed by atoms with Crippen molar-refractivity contribution in [1.29, 1.82) is 0 Å². The predicted molar refractivity (Wildman–Crippen MR) is 114 cm³/mol. The van der Waals surface area contributed by atoms with Crippen LogP contribution in [0.4, 0.5) is 0 Å². The maximum absolute atomic E-state index is 12.8. The van der Waals surface area contributed by atoms with Crippen molar-refractivity contribution in [2.24, 2.45) is 0 Å². The summed E-state index contributed by atoms with van der Waals surface area (Å²) in [5.41, 5.74) is 2.61. The molecule has 0 radical (unpaired) electrons. The molecule has 1 aromatic heterocycles. The Morgan fingerprint density at radius 3 is 2.00 bits per heavy atom. The van der Waals surface area contributed by atoms with E-state index < -0.39 is 0 Å². The van der Waals surface area contributed by atoms with Gasteiger partial charge in [0.1, 0.15) is 0 Å². The van der Waals surface area contributed by atoms with Crippen LogP contribution in [0.1, 0.15) is 29.2 Å². The molecule has 0 fully saturated rings. The third-order valence-corrected chi connectivity index (χ3v) is 5.02. The highest BCUT2D eigenvalue weighted by Gasteiger charge is 2.18. The standard InChI is InChI=1S/C24H21N3O2/c28-23(25-16-22-19-13-7-8-14-20(19)24(29)27-26-22)15-21(17-9-3-1-4-10-17)18-11-5-2-6-12-18/h1-14,21H,15-16H2,(H,25,28)(H,27,29). The minimum atomic E-state index is -0.233. The molecule has 0 aliphatic rings. The first-order chi connectivity index (χ1) is 14.2. The lowest BCUT2D eigenvalue weighted by Crippen LogP contribution is -2.26. The first-order valence-corrected chi connectivity index (χ1v) is 9.55. The lowest BCUT2D eigenvalue weighted by atomic mass is 9.88. The third kappa shape index (κ3) is 4.24. The quantitative estimate of drug-likeness (QED) is 0.532. The molecular formula is C24H21N3O2. The summed E-state index contributed by atoms with van der Waals surface area (Å²) in [7, 11) is 0. The molecule has 0 aliphatic heterocycles. The lowest BCUT2D eigenvalue weighted by molar-refractivity contribution is -0.121. The minimum absolute atomic E-state index is 0.0299. The second-order valence-corrected chi connectivity index (χ2v) is 6.90. The normalized spacial score (nSPS) is 10.9. The third-order valence-electron chi connectivity index (χ3n) is 5.02. The molecule has 0 bridgehead atoms. The second kappa shape index (κ2) is 8.52. The molecule has 4 rings (SSSR count). The SMILES string of the molecule is O=C(CC(c1ccccc1)c1ccccc1)NCc1n[nH]c(=O)c2ccccc12. The van der Waals surface area contributed by atoms with Crippen LogP contribution in [-0.2, 0) is 11.3 Å². The number of amides is 1. The van der Waals surface area contributed by atoms with Gasteiger partial charge in [0.15, 0.2) is 0 Å². The largest absolute Gasteiger partial charge is 0.350 e. The average molecular weight is 383 g/mol. The first kappa shape index (κ1) is 18.6. The van der Waals surface area contributed by atoms with Crippen LogP contribution in [0.5, 0.6) is 0 Å². The number of benzene rings is 3. The van der Waals surface area contributed by atoms with Crippen molar-refractivity contribution >= 4 is 16.7 Å². The van der Waals surface area contributed by atoms with Gasteiger partial charge in [-0.15, -0.1) is 0 Å². The Hall–Kier alpha value is -3.73. The van der Waals surface area contributed by atoms with E-state index in [2.05, 4.69) is 15.5 Å². The van der Waals surface area contributed by atoms with Gasteiger partial charge in [-0.1, -0.05) is 78.9 Å². The Morgan fingerprint density at radius 1 is 0.828 bits per heavy atom. The van der Waals surface area contributed by atoms with Crippen molar-refractivity contribution in [3.8, 4) is 0 Å². The van der Waals surface area contributed by atoms with Crippen LogP contribution in [0.25, 0.3) is 10.8 Å². The van der Waals surface area contributed by atoms with Gasteiger partial charge in [-0.3, -0.25) is 9.59 Å². The second-order valence-electron chi connectivity index (χ2n) is 6.90. The molecule has 4 aromatic rings. The van der Waals surface area contributed by atoms with Crippen LogP contribution in [0.15, 0.2) is 89.7 Å². The Morgan fingerprint density at radius 2 is 1.38 bits per heavy atom. The van der Waals surface area contributed by atoms with Gasteiger partial charge < -0.3 is 5.32 Å². The van der Waals surface area contributed by atoms with Crippen LogP contribution in [0, 0.1) is 0 Å². The summed E-state index contributed by atoms with van der Waals surface area (Å²) in [5.74, 6) is -0.0996. The number of aromatic nitrogens is 2. The fourth-order valence-electron chi connectivity index (χ4n) is 3.54. The number of H-pyrrole nitrogens is 1. The van der Waals surface area contributed by atoms with Crippen LogP contribution in [0.3, 0.4) is 0 Å². The van der Waals surface area contributed by atoms with Gasteiger partial charge in [0.25, 0.3) is 5.56 Å². The highest BCUT2D eigenvalue weighted by atomic mass is 16.1. The van der Waals surface area contributed by atoms with Gasteiger partial charge in [-0.25, -0.2) is 5.10 Å². The Balaban J connectivity index is 1.52. The van der Waals surface area contributed by atoms with E-state index in [4.69, 9.17) is 0 Å². The molecule has 0 atom stereocenters. The van der Waals surface area contributed by atoms with E-state index in [1.807, 2.05) is 78.9 Å². The maximum atomic E-state index is 12.8. The summed E-state index contributed by atoms with van der Waals surface area (Å²) in [6.45, 7) is 0.256. The Bertz CT molecular complexity index is 1130. The van der Waals surface area contributed by atoms with E-state index in [0.717, 1.165) is 16.5 Å². The molecule has 0 aliphatic carbocycles. The number of nitrogens with zero attached hydrogens (tertiary/aromatic N) is 1. The van der Waals surface area contributed by atoms with Crippen molar-refractivity contribution in [3.05, 3.63) is 112 Å². The molecule has 2 N–H and O–H groups in total. The molecule has 0 spiro atoms. The molecule has 144 valence electrons. The van der Waals surface area contributed by atoms with Crippen LogP contribution < -0.4 is 10.9 Å². The van der Waals surface area contributed by atoms with Gasteiger partial charge in [-0.05, 0) is 17.2 Å². The number of carbonyl (C=O) groups excluding carboxylic acids is 1. The summed E-state index contributed by atoms with van der Waals surface area (Å²) in [6.07, 6.45) is 0.329. The molecule has 0 unspecified atom stereocenters. The monoisotopic (exact) mass is 383 g/mol. The number of fused-ring (bicyclic) bond motifs is 1. The van der Waals surface area contributed by atoms with Crippen LogP contribution in [0.2, 0.25) is 0 Å². The summed E-state index contributed by atoms with van der Waals surface area (Å²) < 4.78 is 0. The summed E-state index contributed by atoms with van der Waals surface area (Å²) in [6, 6.07) is 27.3. The van der Waals surface area contributed by atoms with E-state index in [-0.39, 0.29) is 23.9 Å². The fourth-order valence-corrected chi connectivity index (χ4v) is 3.54. The number of nitrogens with one attached hydrogen (secondary N) is 2. The van der Waals surface area contributed by atoms with E-state index in [9.17, 15) is 9.59 Å². The Kier molecular flexibility index (Phi) is 5.47. The molecule has 0 saturated carbocycles. The predicted octanol–water partition coefficient (Wildman–Crippen LogP) is 3.76. The molecule has 0 saturated heterocycles. The van der Waals surface area contributed by atoms with Crippen molar-refractivity contribution < 1.29 is 4.79 Å². The zero-order valence-electron chi connectivity index (χ0n) is 15.8. The Labute approximate surface area is 168 Å². The minimum Gasteiger partial charge on any atom is -0.350 e. The molecule has 5 heteroatoms. The van der Waals surface area contributed by atoms with E-state index >= 15 is 0 Å². The van der Waals surface area contributed by atoms with Gasteiger partial charge in [0.05, 0.1) is 17.6 Å². The summed E-state index contributed by atoms with van der Waals surface area (Å²) >= 11 is 0. The first-order valence-electron chi connectivity index (χ1n) is 9.55. The van der Waals surface area contributed by atoms with Crippen molar-refractivity contribution in [3.63, 3.8) is 0 Å². The van der Waals surface area contributed by atoms with E-state index in [1.165, 1.54) is 0 Å². The zero-order chi connectivity index (χ0) is 20.1. The number of rotatable bonds is 6. The topological polar surface area (TPSA) is 74.8 Å². The van der Waals surface area contributed by atoms with Gasteiger partial charge in [-0.2, -0.15) is 5.10 Å². The molecule has 5 nitrogen and oxygen atoms in total. The molecule has 29 heavy (non-hydrogen) atoms. The zero-order valence-corrected chi connectivity index (χ0v) is 15.8. The molecule has 1 heterocycles. The fraction of sp³-hybridized carbons (Fsp3) is 0.125. The summed E-state index contributed by atoms with van der Waals surface area (Å²) in [4.78, 5) is 24.7. The smallest absolute Gasteiger partial charge is 0.272 e. The van der Waals surface area contributed by atoms with Gasteiger partial charge in [0, 0.05) is 17.7 Å². The summed E-state index contributed by atoms with van der Waals surface area (Å²) in [5, 5.41) is 10.9. The van der Waals surface area contributed by atoms with Crippen molar-refractivity contribution in [1.82, 2.24) is 15.5 Å². The molecule has 1 amide bonds. The molecule has 3 aromatic carbocycles. The molecular weight excluding hydrogens is 362 g/mol. The van der Waals surface area contributed by atoms with Crippen LogP contribution in [-0.4, -0.2) is 16.1 Å².